The van der Waals surface area contributed by atoms with Crippen LogP contribution in [0.25, 0.3) is 0 Å². The highest BCUT2D eigenvalue weighted by Crippen LogP contribution is 1.90. The van der Waals surface area contributed by atoms with E-state index in [9.17, 15) is 0 Å². The van der Waals surface area contributed by atoms with Crippen LogP contribution >= 0.6 is 0 Å². The number of nitrogens with one attached hydrogen (secondary N) is 1. The lowest BCUT2D eigenvalue weighted by Crippen LogP contribution is -2.33. The van der Waals surface area contributed by atoms with Crippen LogP contribution in [-0.2, 0) is 4.74 Å². The van der Waals surface area contributed by atoms with Crippen molar-refractivity contribution in [2.75, 3.05) is 39.3 Å². The molecule has 0 rings (SSSR count). The smallest absolute Gasteiger partial charge is 0.0518 e. The lowest BCUT2D eigenvalue weighted by molar-refractivity contribution is 0.0770. The highest BCUT2D eigenvalue weighted by Gasteiger charge is 1.99. The van der Waals surface area contributed by atoms with Crippen LogP contribution in [0.15, 0.2) is 0 Å². The Morgan fingerprint density at radius 2 is 1.88 bits per heavy atom. The third-order valence-corrected chi connectivity index (χ3v) is 2.54. The van der Waals surface area contributed by atoms with Gasteiger partial charge in [0.1, 0.15) is 0 Å². The van der Waals surface area contributed by atoms with Crippen LogP contribution in [-0.4, -0.2) is 50.3 Å². The Kier molecular flexibility index (Phi) is 11.3. The fourth-order valence-electron chi connectivity index (χ4n) is 1.62. The lowest BCUT2D eigenvalue weighted by atomic mass is 10.4. The van der Waals surface area contributed by atoms with E-state index in [-0.39, 0.29) is 0 Å². The van der Waals surface area contributed by atoms with Gasteiger partial charge in [0.25, 0.3) is 0 Å². The van der Waals surface area contributed by atoms with Crippen molar-refractivity contribution in [2.24, 2.45) is 0 Å². The molecule has 3 nitrogen and oxygen atoms in total. The molecule has 0 amide bonds. The molecule has 0 heterocycles. The van der Waals surface area contributed by atoms with Gasteiger partial charge in [-0.2, -0.15) is 0 Å². The van der Waals surface area contributed by atoms with Gasteiger partial charge >= 0.3 is 0 Å². The van der Waals surface area contributed by atoms with Crippen molar-refractivity contribution < 1.29 is 4.74 Å². The predicted molar refractivity (Wildman–Crippen MR) is 71.0 cm³/mol. The van der Waals surface area contributed by atoms with Gasteiger partial charge in [-0.1, -0.05) is 13.8 Å². The second kappa shape index (κ2) is 11.4. The fourth-order valence-corrected chi connectivity index (χ4v) is 1.62. The van der Waals surface area contributed by atoms with Gasteiger partial charge in [0.2, 0.25) is 0 Å². The van der Waals surface area contributed by atoms with Crippen LogP contribution in [0.2, 0.25) is 0 Å². The van der Waals surface area contributed by atoms with E-state index in [0.717, 1.165) is 39.2 Å². The number of hydrogen-bond donors (Lipinski definition) is 1. The van der Waals surface area contributed by atoms with Crippen molar-refractivity contribution in [1.82, 2.24) is 10.2 Å². The maximum Gasteiger partial charge on any atom is 0.0518 e. The SMILES string of the molecule is CCCN(CC)CCNCCCOC(C)C. The van der Waals surface area contributed by atoms with E-state index in [0.29, 0.717) is 6.10 Å². The maximum absolute atomic E-state index is 5.48. The molecular weight excluding hydrogens is 200 g/mol. The molecule has 0 saturated heterocycles. The first kappa shape index (κ1) is 15.9. The molecule has 0 aromatic rings. The van der Waals surface area contributed by atoms with Gasteiger partial charge < -0.3 is 15.0 Å². The summed E-state index contributed by atoms with van der Waals surface area (Å²) in [6, 6.07) is 0. The van der Waals surface area contributed by atoms with Crippen LogP contribution in [0.5, 0.6) is 0 Å². The monoisotopic (exact) mass is 230 g/mol. The quantitative estimate of drug-likeness (QED) is 0.550. The first-order valence-corrected chi connectivity index (χ1v) is 6.75. The van der Waals surface area contributed by atoms with Crippen molar-refractivity contribution in [3.8, 4) is 0 Å². The standard InChI is InChI=1S/C13H30N2O/c1-5-10-15(6-2)11-9-14-8-7-12-16-13(3)4/h13-14H,5-12H2,1-4H3. The summed E-state index contributed by atoms with van der Waals surface area (Å²) in [6.45, 7) is 15.2. The van der Waals surface area contributed by atoms with Crippen LogP contribution in [0, 0.1) is 0 Å². The van der Waals surface area contributed by atoms with Crippen LogP contribution < -0.4 is 5.32 Å². The van der Waals surface area contributed by atoms with Gasteiger partial charge in [-0.15, -0.1) is 0 Å². The van der Waals surface area contributed by atoms with Gasteiger partial charge in [-0.25, -0.2) is 0 Å². The van der Waals surface area contributed by atoms with Gasteiger partial charge in [0, 0.05) is 19.7 Å². The Hall–Kier alpha value is -0.120. The summed E-state index contributed by atoms with van der Waals surface area (Å²) in [7, 11) is 0. The Bertz CT molecular complexity index is 140. The third-order valence-electron chi connectivity index (χ3n) is 2.54. The summed E-state index contributed by atoms with van der Waals surface area (Å²) in [4.78, 5) is 2.48. The van der Waals surface area contributed by atoms with Gasteiger partial charge in [0.05, 0.1) is 6.10 Å². The maximum atomic E-state index is 5.48. The van der Waals surface area contributed by atoms with Crippen molar-refractivity contribution in [3.05, 3.63) is 0 Å². The number of nitrogens with zero attached hydrogens (tertiary/aromatic N) is 1. The van der Waals surface area contributed by atoms with E-state index in [1.165, 1.54) is 13.0 Å². The zero-order valence-electron chi connectivity index (χ0n) is 11.6. The average molecular weight is 230 g/mol. The molecule has 0 spiro atoms. The minimum Gasteiger partial charge on any atom is -0.379 e. The van der Waals surface area contributed by atoms with Gasteiger partial charge in [-0.05, 0) is 46.3 Å². The van der Waals surface area contributed by atoms with Crippen molar-refractivity contribution in [2.45, 2.75) is 46.6 Å². The molecule has 0 aliphatic heterocycles. The number of rotatable bonds is 11. The second-order valence-corrected chi connectivity index (χ2v) is 4.46. The highest BCUT2D eigenvalue weighted by atomic mass is 16.5. The molecule has 0 bridgehead atoms. The van der Waals surface area contributed by atoms with Crippen molar-refractivity contribution in [3.63, 3.8) is 0 Å². The fraction of sp³-hybridized carbons (Fsp3) is 1.00. The van der Waals surface area contributed by atoms with Crippen molar-refractivity contribution in [1.29, 1.82) is 0 Å². The lowest BCUT2D eigenvalue weighted by Gasteiger charge is -2.19. The zero-order chi connectivity index (χ0) is 12.2. The molecule has 0 saturated carbocycles. The van der Waals surface area contributed by atoms with E-state index in [2.05, 4.69) is 37.9 Å². The molecule has 0 atom stereocenters. The van der Waals surface area contributed by atoms with E-state index >= 15 is 0 Å². The summed E-state index contributed by atoms with van der Waals surface area (Å²) in [5.41, 5.74) is 0. The summed E-state index contributed by atoms with van der Waals surface area (Å²) in [5.74, 6) is 0. The zero-order valence-corrected chi connectivity index (χ0v) is 11.6. The van der Waals surface area contributed by atoms with E-state index < -0.39 is 0 Å². The summed E-state index contributed by atoms with van der Waals surface area (Å²) < 4.78 is 5.48. The third kappa shape index (κ3) is 10.4. The van der Waals surface area contributed by atoms with Crippen LogP contribution in [0.3, 0.4) is 0 Å². The molecule has 0 aromatic carbocycles. The molecule has 1 N–H and O–H groups in total. The Morgan fingerprint density at radius 1 is 1.12 bits per heavy atom. The summed E-state index contributed by atoms with van der Waals surface area (Å²) in [5, 5.41) is 3.46. The summed E-state index contributed by atoms with van der Waals surface area (Å²) >= 11 is 0. The first-order chi connectivity index (χ1) is 7.70. The molecule has 0 aromatic heterocycles. The normalized spacial score (nSPS) is 11.6. The Labute approximate surface area is 102 Å². The number of hydrogen-bond acceptors (Lipinski definition) is 3. The van der Waals surface area contributed by atoms with Crippen molar-refractivity contribution >= 4 is 0 Å². The highest BCUT2D eigenvalue weighted by molar-refractivity contribution is 4.57. The second-order valence-electron chi connectivity index (χ2n) is 4.46. The van der Waals surface area contributed by atoms with E-state index in [1.54, 1.807) is 0 Å². The Morgan fingerprint density at radius 3 is 2.44 bits per heavy atom. The minimum atomic E-state index is 0.361. The number of likely N-dealkylation sites (N-methyl/N-ethyl adjacent to an activating group) is 1. The molecule has 0 fully saturated rings. The largest absolute Gasteiger partial charge is 0.379 e. The first-order valence-electron chi connectivity index (χ1n) is 6.75. The molecule has 0 radical (unpaired) electrons. The summed E-state index contributed by atoms with van der Waals surface area (Å²) in [6.07, 6.45) is 2.72. The van der Waals surface area contributed by atoms with Gasteiger partial charge in [0.15, 0.2) is 0 Å². The minimum absolute atomic E-state index is 0.361. The Balaban J connectivity index is 3.19. The molecule has 3 heteroatoms. The van der Waals surface area contributed by atoms with Crippen LogP contribution in [0.1, 0.15) is 40.5 Å². The number of ether oxygens (including phenoxy) is 1. The topological polar surface area (TPSA) is 24.5 Å². The molecule has 0 aliphatic carbocycles. The molecular formula is C13H30N2O. The van der Waals surface area contributed by atoms with Gasteiger partial charge in [-0.3, -0.25) is 0 Å². The average Bonchev–Trinajstić information content (AvgIpc) is 2.26. The van der Waals surface area contributed by atoms with E-state index in [1.807, 2.05) is 0 Å². The van der Waals surface area contributed by atoms with E-state index in [4.69, 9.17) is 4.74 Å². The molecule has 98 valence electrons. The molecule has 0 unspecified atom stereocenters. The molecule has 16 heavy (non-hydrogen) atoms. The molecule has 0 aliphatic rings. The van der Waals surface area contributed by atoms with Crippen LogP contribution in [0.4, 0.5) is 0 Å². The predicted octanol–water partition coefficient (Wildman–Crippen LogP) is 2.12.